The van der Waals surface area contributed by atoms with Gasteiger partial charge >= 0.3 is 0 Å². The van der Waals surface area contributed by atoms with Gasteiger partial charge in [0.1, 0.15) is 19.0 Å². The molecule has 0 fully saturated rings. The summed E-state index contributed by atoms with van der Waals surface area (Å²) in [4.78, 5) is 2.43. The zero-order valence-corrected chi connectivity index (χ0v) is 21.0. The Bertz CT molecular complexity index is 1270. The number of hydrogen-bond donors (Lipinski definition) is 0. The summed E-state index contributed by atoms with van der Waals surface area (Å²) in [6.45, 7) is 2.06. The molecular formula is C32H33NO3. The molecule has 5 rings (SSSR count). The van der Waals surface area contributed by atoms with Crippen LogP contribution in [0.15, 0.2) is 97.1 Å². The van der Waals surface area contributed by atoms with E-state index in [1.807, 2.05) is 42.5 Å². The Balaban J connectivity index is 1.39. The quantitative estimate of drug-likeness (QED) is 0.270. The van der Waals surface area contributed by atoms with E-state index in [0.29, 0.717) is 13.2 Å². The Kier molecular flexibility index (Phi) is 7.53. The number of likely N-dealkylation sites (N-methyl/N-ethyl adjacent to an activating group) is 1. The lowest BCUT2D eigenvalue weighted by Gasteiger charge is -2.35. The van der Waals surface area contributed by atoms with Gasteiger partial charge < -0.3 is 14.2 Å². The molecule has 4 nitrogen and oxygen atoms in total. The fraction of sp³-hybridized carbons (Fsp3) is 0.250. The van der Waals surface area contributed by atoms with Gasteiger partial charge in [-0.1, -0.05) is 78.9 Å². The minimum absolute atomic E-state index is 0.222. The molecular weight excluding hydrogens is 446 g/mol. The average molecular weight is 480 g/mol. The number of fused-ring (bicyclic) bond motifs is 1. The van der Waals surface area contributed by atoms with Crippen LogP contribution in [0.5, 0.6) is 17.2 Å². The molecule has 1 aliphatic heterocycles. The van der Waals surface area contributed by atoms with Crippen molar-refractivity contribution >= 4 is 0 Å². The SMILES string of the molecule is COc1cc2c(cc1OCc1ccccc1)C(Cc1ccccc1OCc1ccccc1)N(C)CC2. The van der Waals surface area contributed by atoms with Gasteiger partial charge in [0.2, 0.25) is 0 Å². The van der Waals surface area contributed by atoms with E-state index in [2.05, 4.69) is 66.5 Å². The second kappa shape index (κ2) is 11.3. The molecule has 0 aromatic heterocycles. The van der Waals surface area contributed by atoms with E-state index in [9.17, 15) is 0 Å². The second-order valence-corrected chi connectivity index (χ2v) is 9.31. The molecule has 0 radical (unpaired) electrons. The highest BCUT2D eigenvalue weighted by atomic mass is 16.5. The van der Waals surface area contributed by atoms with Gasteiger partial charge in [-0.3, -0.25) is 4.90 Å². The van der Waals surface area contributed by atoms with Crippen LogP contribution in [0, 0.1) is 0 Å². The first-order chi connectivity index (χ1) is 17.7. The maximum atomic E-state index is 6.27. The lowest BCUT2D eigenvalue weighted by Crippen LogP contribution is -2.33. The minimum Gasteiger partial charge on any atom is -0.493 e. The molecule has 1 atom stereocenters. The van der Waals surface area contributed by atoms with Gasteiger partial charge in [-0.2, -0.15) is 0 Å². The Labute approximate surface area is 214 Å². The van der Waals surface area contributed by atoms with Gasteiger partial charge in [-0.15, -0.1) is 0 Å². The summed E-state index contributed by atoms with van der Waals surface area (Å²) in [5.41, 5.74) is 6.13. The summed E-state index contributed by atoms with van der Waals surface area (Å²) >= 11 is 0. The van der Waals surface area contributed by atoms with Crippen LogP contribution in [0.25, 0.3) is 0 Å². The van der Waals surface area contributed by atoms with Gasteiger partial charge in [-0.05, 0) is 65.9 Å². The first-order valence-corrected chi connectivity index (χ1v) is 12.5. The Hall–Kier alpha value is -3.76. The average Bonchev–Trinajstić information content (AvgIpc) is 2.93. The van der Waals surface area contributed by atoms with Gasteiger partial charge in [0.05, 0.1) is 7.11 Å². The fourth-order valence-corrected chi connectivity index (χ4v) is 4.86. The molecule has 36 heavy (non-hydrogen) atoms. The third kappa shape index (κ3) is 5.55. The summed E-state index contributed by atoms with van der Waals surface area (Å²) in [6, 6.07) is 33.5. The second-order valence-electron chi connectivity index (χ2n) is 9.31. The zero-order chi connectivity index (χ0) is 24.7. The number of rotatable bonds is 9. The molecule has 4 aromatic carbocycles. The van der Waals surface area contributed by atoms with Crippen molar-refractivity contribution in [3.63, 3.8) is 0 Å². The van der Waals surface area contributed by atoms with Crippen molar-refractivity contribution in [3.8, 4) is 17.2 Å². The topological polar surface area (TPSA) is 30.9 Å². The predicted octanol–water partition coefficient (Wildman–Crippen LogP) is 6.62. The largest absolute Gasteiger partial charge is 0.493 e. The van der Waals surface area contributed by atoms with E-state index in [4.69, 9.17) is 14.2 Å². The third-order valence-corrected chi connectivity index (χ3v) is 6.91. The van der Waals surface area contributed by atoms with Crippen molar-refractivity contribution in [2.24, 2.45) is 0 Å². The smallest absolute Gasteiger partial charge is 0.162 e. The van der Waals surface area contributed by atoms with Crippen LogP contribution in [-0.4, -0.2) is 25.6 Å². The number of benzene rings is 4. The van der Waals surface area contributed by atoms with Crippen LogP contribution < -0.4 is 14.2 Å². The molecule has 184 valence electrons. The lowest BCUT2D eigenvalue weighted by molar-refractivity contribution is 0.223. The van der Waals surface area contributed by atoms with Crippen LogP contribution in [0.1, 0.15) is 33.9 Å². The Morgan fingerprint density at radius 1 is 0.722 bits per heavy atom. The van der Waals surface area contributed by atoms with Gasteiger partial charge in [0.25, 0.3) is 0 Å². The van der Waals surface area contributed by atoms with E-state index >= 15 is 0 Å². The molecule has 0 aliphatic carbocycles. The molecule has 4 heteroatoms. The van der Waals surface area contributed by atoms with E-state index in [1.54, 1.807) is 7.11 Å². The van der Waals surface area contributed by atoms with Crippen molar-refractivity contribution in [1.29, 1.82) is 0 Å². The standard InChI is InChI=1S/C32H33NO3/c1-33-18-17-26-20-31(34-2)32(36-23-25-13-7-4-8-14-25)21-28(26)29(33)19-27-15-9-10-16-30(27)35-22-24-11-5-3-6-12-24/h3-16,20-21,29H,17-19,22-23H2,1-2H3. The van der Waals surface area contributed by atoms with Crippen LogP contribution in [-0.2, 0) is 26.1 Å². The van der Waals surface area contributed by atoms with Crippen LogP contribution in [0.4, 0.5) is 0 Å². The molecule has 1 unspecified atom stereocenters. The van der Waals surface area contributed by atoms with Crippen molar-refractivity contribution in [2.75, 3.05) is 20.7 Å². The normalized spacial score (nSPS) is 15.2. The highest BCUT2D eigenvalue weighted by Crippen LogP contribution is 2.40. The maximum Gasteiger partial charge on any atom is 0.162 e. The van der Waals surface area contributed by atoms with E-state index in [0.717, 1.165) is 42.2 Å². The first kappa shape index (κ1) is 24.0. The molecule has 4 aromatic rings. The number of ether oxygens (including phenoxy) is 3. The maximum absolute atomic E-state index is 6.27. The van der Waals surface area contributed by atoms with Crippen molar-refractivity contribution in [2.45, 2.75) is 32.1 Å². The highest BCUT2D eigenvalue weighted by Gasteiger charge is 2.28. The lowest BCUT2D eigenvalue weighted by atomic mass is 9.88. The highest BCUT2D eigenvalue weighted by molar-refractivity contribution is 5.50. The summed E-state index contributed by atoms with van der Waals surface area (Å²) in [5.74, 6) is 2.52. The van der Waals surface area contributed by atoms with Gasteiger partial charge in [0.15, 0.2) is 11.5 Å². The third-order valence-electron chi connectivity index (χ3n) is 6.91. The summed E-state index contributed by atoms with van der Waals surface area (Å²) in [6.07, 6.45) is 1.85. The van der Waals surface area contributed by atoms with E-state index in [1.165, 1.54) is 22.3 Å². The molecule has 0 spiro atoms. The molecule has 0 saturated carbocycles. The van der Waals surface area contributed by atoms with Crippen molar-refractivity contribution in [3.05, 3.63) is 125 Å². The van der Waals surface area contributed by atoms with E-state index in [-0.39, 0.29) is 6.04 Å². The molecule has 0 N–H and O–H groups in total. The van der Waals surface area contributed by atoms with Crippen LogP contribution in [0.3, 0.4) is 0 Å². The minimum atomic E-state index is 0.222. The number of para-hydroxylation sites is 1. The fourth-order valence-electron chi connectivity index (χ4n) is 4.86. The zero-order valence-electron chi connectivity index (χ0n) is 21.0. The number of nitrogens with zero attached hydrogens (tertiary/aromatic N) is 1. The Morgan fingerprint density at radius 3 is 2.00 bits per heavy atom. The van der Waals surface area contributed by atoms with Crippen molar-refractivity contribution in [1.82, 2.24) is 4.90 Å². The van der Waals surface area contributed by atoms with Crippen molar-refractivity contribution < 1.29 is 14.2 Å². The van der Waals surface area contributed by atoms with Gasteiger partial charge in [0, 0.05) is 12.6 Å². The Morgan fingerprint density at radius 2 is 1.33 bits per heavy atom. The predicted molar refractivity (Wildman–Crippen MR) is 144 cm³/mol. The molecule has 1 heterocycles. The molecule has 1 aliphatic rings. The number of methoxy groups -OCH3 is 1. The molecule has 0 saturated heterocycles. The summed E-state index contributed by atoms with van der Waals surface area (Å²) in [7, 11) is 3.92. The number of hydrogen-bond acceptors (Lipinski definition) is 4. The van der Waals surface area contributed by atoms with Crippen LogP contribution >= 0.6 is 0 Å². The first-order valence-electron chi connectivity index (χ1n) is 12.5. The molecule has 0 amide bonds. The summed E-state index contributed by atoms with van der Waals surface area (Å²) < 4.78 is 18.2. The van der Waals surface area contributed by atoms with Crippen LogP contribution in [0.2, 0.25) is 0 Å². The molecule has 0 bridgehead atoms. The summed E-state index contributed by atoms with van der Waals surface area (Å²) in [5, 5.41) is 0. The van der Waals surface area contributed by atoms with E-state index < -0.39 is 0 Å². The van der Waals surface area contributed by atoms with Gasteiger partial charge in [-0.25, -0.2) is 0 Å². The monoisotopic (exact) mass is 479 g/mol.